The Kier molecular flexibility index (Phi) is 6.12. The lowest BCUT2D eigenvalue weighted by molar-refractivity contribution is -0.126. The van der Waals surface area contributed by atoms with Crippen LogP contribution < -0.4 is 15.4 Å². The number of hydrogen-bond donors (Lipinski definition) is 2. The van der Waals surface area contributed by atoms with Gasteiger partial charge in [-0.25, -0.2) is 0 Å². The van der Waals surface area contributed by atoms with Crippen LogP contribution in [0.5, 0.6) is 5.75 Å². The summed E-state index contributed by atoms with van der Waals surface area (Å²) in [4.78, 5) is 11.9. The SMILES string of the molecule is COc1cccc(CNC(=O)C(C)C2CNC2)c1.Cl. The van der Waals surface area contributed by atoms with Gasteiger partial charge < -0.3 is 15.4 Å². The number of amides is 1. The number of hydrogen-bond acceptors (Lipinski definition) is 3. The molecule has 1 aromatic carbocycles. The lowest BCUT2D eigenvalue weighted by Gasteiger charge is -2.31. The van der Waals surface area contributed by atoms with Crippen LogP contribution in [0.4, 0.5) is 0 Å². The fraction of sp³-hybridized carbons (Fsp3) is 0.500. The second kappa shape index (κ2) is 7.36. The van der Waals surface area contributed by atoms with Crippen molar-refractivity contribution in [2.45, 2.75) is 13.5 Å². The van der Waals surface area contributed by atoms with E-state index >= 15 is 0 Å². The van der Waals surface area contributed by atoms with Gasteiger partial charge in [0, 0.05) is 12.5 Å². The van der Waals surface area contributed by atoms with E-state index in [4.69, 9.17) is 4.74 Å². The maximum absolute atomic E-state index is 11.9. The zero-order valence-electron chi connectivity index (χ0n) is 11.3. The number of nitrogens with one attached hydrogen (secondary N) is 2. The largest absolute Gasteiger partial charge is 0.497 e. The quantitative estimate of drug-likeness (QED) is 0.863. The molecule has 0 aliphatic carbocycles. The van der Waals surface area contributed by atoms with Crippen LogP contribution >= 0.6 is 12.4 Å². The minimum absolute atomic E-state index is 0. The third kappa shape index (κ3) is 4.11. The Hall–Kier alpha value is -1.26. The first-order valence-electron chi connectivity index (χ1n) is 6.32. The maximum Gasteiger partial charge on any atom is 0.223 e. The van der Waals surface area contributed by atoms with Gasteiger partial charge >= 0.3 is 0 Å². The first-order chi connectivity index (χ1) is 8.70. The average molecular weight is 285 g/mol. The molecule has 0 radical (unpaired) electrons. The number of halogens is 1. The highest BCUT2D eigenvalue weighted by Gasteiger charge is 2.28. The van der Waals surface area contributed by atoms with E-state index < -0.39 is 0 Å². The molecule has 1 amide bonds. The standard InChI is InChI=1S/C14H20N2O2.ClH/c1-10(12-8-15-9-12)14(17)16-7-11-4-3-5-13(6-11)18-2;/h3-6,10,12,15H,7-9H2,1-2H3,(H,16,17);1H. The van der Waals surface area contributed by atoms with Crippen molar-refractivity contribution in [3.63, 3.8) is 0 Å². The summed E-state index contributed by atoms with van der Waals surface area (Å²) in [7, 11) is 1.64. The molecule has 0 saturated carbocycles. The third-order valence-electron chi connectivity index (χ3n) is 3.53. The third-order valence-corrected chi connectivity index (χ3v) is 3.53. The minimum Gasteiger partial charge on any atom is -0.497 e. The van der Waals surface area contributed by atoms with Gasteiger partial charge in [-0.05, 0) is 36.7 Å². The van der Waals surface area contributed by atoms with Crippen LogP contribution in [-0.4, -0.2) is 26.1 Å². The first kappa shape index (κ1) is 15.8. The van der Waals surface area contributed by atoms with Crippen LogP contribution in [0.1, 0.15) is 12.5 Å². The van der Waals surface area contributed by atoms with E-state index in [0.717, 1.165) is 24.4 Å². The van der Waals surface area contributed by atoms with E-state index in [1.165, 1.54) is 0 Å². The molecular formula is C14H21ClN2O2. The highest BCUT2D eigenvalue weighted by molar-refractivity contribution is 5.85. The molecule has 2 rings (SSSR count). The number of methoxy groups -OCH3 is 1. The molecule has 1 aliphatic rings. The van der Waals surface area contributed by atoms with Gasteiger partial charge in [-0.1, -0.05) is 19.1 Å². The Morgan fingerprint density at radius 2 is 2.26 bits per heavy atom. The molecule has 1 atom stereocenters. The Morgan fingerprint density at radius 3 is 2.84 bits per heavy atom. The second-order valence-corrected chi connectivity index (χ2v) is 4.78. The molecule has 1 fully saturated rings. The molecule has 5 heteroatoms. The smallest absolute Gasteiger partial charge is 0.223 e. The van der Waals surface area contributed by atoms with E-state index in [9.17, 15) is 4.79 Å². The lowest BCUT2D eigenvalue weighted by Crippen LogP contribution is -2.49. The van der Waals surface area contributed by atoms with E-state index in [1.807, 2.05) is 31.2 Å². The van der Waals surface area contributed by atoms with Gasteiger partial charge in [-0.3, -0.25) is 4.79 Å². The molecule has 1 aromatic rings. The van der Waals surface area contributed by atoms with Crippen molar-refractivity contribution in [2.24, 2.45) is 11.8 Å². The summed E-state index contributed by atoms with van der Waals surface area (Å²) in [5.41, 5.74) is 1.06. The zero-order chi connectivity index (χ0) is 13.0. The highest BCUT2D eigenvalue weighted by atomic mass is 35.5. The van der Waals surface area contributed by atoms with Gasteiger partial charge in [-0.2, -0.15) is 0 Å². The summed E-state index contributed by atoms with van der Waals surface area (Å²) in [6, 6.07) is 7.75. The number of benzene rings is 1. The molecule has 1 saturated heterocycles. The Labute approximate surface area is 120 Å². The monoisotopic (exact) mass is 284 g/mol. The summed E-state index contributed by atoms with van der Waals surface area (Å²) in [5.74, 6) is 1.51. The summed E-state index contributed by atoms with van der Waals surface area (Å²) in [5, 5.41) is 6.17. The van der Waals surface area contributed by atoms with Gasteiger partial charge in [0.2, 0.25) is 5.91 Å². The predicted octanol–water partition coefficient (Wildman–Crippen LogP) is 1.59. The Bertz CT molecular complexity index is 422. The van der Waals surface area contributed by atoms with Crippen LogP contribution in [0.25, 0.3) is 0 Å². The molecule has 1 heterocycles. The fourth-order valence-corrected chi connectivity index (χ4v) is 2.01. The molecule has 4 nitrogen and oxygen atoms in total. The molecule has 0 spiro atoms. The molecule has 0 bridgehead atoms. The van der Waals surface area contributed by atoms with Crippen molar-refractivity contribution in [3.8, 4) is 5.75 Å². The van der Waals surface area contributed by atoms with Crippen LogP contribution in [0.15, 0.2) is 24.3 Å². The van der Waals surface area contributed by atoms with Crippen LogP contribution in [0.2, 0.25) is 0 Å². The van der Waals surface area contributed by atoms with E-state index in [2.05, 4.69) is 10.6 Å². The summed E-state index contributed by atoms with van der Waals surface area (Å²) >= 11 is 0. The summed E-state index contributed by atoms with van der Waals surface area (Å²) in [6.07, 6.45) is 0. The van der Waals surface area contributed by atoms with Crippen LogP contribution in [0, 0.1) is 11.8 Å². The normalized spacial score (nSPS) is 15.9. The molecule has 19 heavy (non-hydrogen) atoms. The van der Waals surface area contributed by atoms with E-state index in [1.54, 1.807) is 7.11 Å². The van der Waals surface area contributed by atoms with E-state index in [0.29, 0.717) is 12.5 Å². The van der Waals surface area contributed by atoms with Crippen molar-refractivity contribution in [1.82, 2.24) is 10.6 Å². The van der Waals surface area contributed by atoms with Gasteiger partial charge in [0.1, 0.15) is 5.75 Å². The maximum atomic E-state index is 11.9. The lowest BCUT2D eigenvalue weighted by atomic mass is 9.88. The molecule has 1 aliphatic heterocycles. The van der Waals surface area contributed by atoms with Gasteiger partial charge in [-0.15, -0.1) is 12.4 Å². The zero-order valence-corrected chi connectivity index (χ0v) is 12.1. The van der Waals surface area contributed by atoms with Crippen molar-refractivity contribution in [2.75, 3.05) is 20.2 Å². The van der Waals surface area contributed by atoms with Crippen molar-refractivity contribution >= 4 is 18.3 Å². The Morgan fingerprint density at radius 1 is 1.53 bits per heavy atom. The number of carbonyl (C=O) groups is 1. The fourth-order valence-electron chi connectivity index (χ4n) is 2.01. The first-order valence-corrected chi connectivity index (χ1v) is 6.32. The molecule has 0 aromatic heterocycles. The van der Waals surface area contributed by atoms with Crippen LogP contribution in [0.3, 0.4) is 0 Å². The van der Waals surface area contributed by atoms with Gasteiger partial charge in [0.05, 0.1) is 7.11 Å². The highest BCUT2D eigenvalue weighted by Crippen LogP contribution is 2.16. The average Bonchev–Trinajstić information content (AvgIpc) is 2.34. The molecule has 2 N–H and O–H groups in total. The van der Waals surface area contributed by atoms with Crippen LogP contribution in [-0.2, 0) is 11.3 Å². The molecular weight excluding hydrogens is 264 g/mol. The number of carbonyl (C=O) groups excluding carboxylic acids is 1. The molecule has 1 unspecified atom stereocenters. The van der Waals surface area contributed by atoms with Crippen molar-refractivity contribution < 1.29 is 9.53 Å². The second-order valence-electron chi connectivity index (χ2n) is 4.78. The molecule has 106 valence electrons. The number of rotatable bonds is 5. The topological polar surface area (TPSA) is 50.4 Å². The number of ether oxygens (including phenoxy) is 1. The summed E-state index contributed by atoms with van der Waals surface area (Å²) < 4.78 is 5.15. The Balaban J connectivity index is 0.00000180. The van der Waals surface area contributed by atoms with E-state index in [-0.39, 0.29) is 24.2 Å². The van der Waals surface area contributed by atoms with Crippen molar-refractivity contribution in [1.29, 1.82) is 0 Å². The minimum atomic E-state index is 0. The van der Waals surface area contributed by atoms with Gasteiger partial charge in [0.15, 0.2) is 0 Å². The van der Waals surface area contributed by atoms with Crippen molar-refractivity contribution in [3.05, 3.63) is 29.8 Å². The predicted molar refractivity (Wildman–Crippen MR) is 77.6 cm³/mol. The summed E-state index contributed by atoms with van der Waals surface area (Å²) in [6.45, 7) is 4.45. The van der Waals surface area contributed by atoms with Gasteiger partial charge in [0.25, 0.3) is 0 Å².